The van der Waals surface area contributed by atoms with Gasteiger partial charge in [-0.05, 0) is 19.3 Å². The van der Waals surface area contributed by atoms with Crippen molar-refractivity contribution in [2.24, 2.45) is 5.41 Å². The first-order chi connectivity index (χ1) is 4.73. The zero-order valence-electron chi connectivity index (χ0n) is 5.76. The summed E-state index contributed by atoms with van der Waals surface area (Å²) in [6, 6.07) is 0.496. The number of carboxylic acids is 1. The van der Waals surface area contributed by atoms with E-state index in [2.05, 4.69) is 5.32 Å². The van der Waals surface area contributed by atoms with Crippen LogP contribution in [0.4, 0.5) is 0 Å². The van der Waals surface area contributed by atoms with Crippen molar-refractivity contribution in [1.82, 2.24) is 5.32 Å². The maximum atomic E-state index is 10.7. The fourth-order valence-corrected chi connectivity index (χ4v) is 2.07. The molecule has 1 aliphatic heterocycles. The van der Waals surface area contributed by atoms with Crippen molar-refractivity contribution in [1.29, 1.82) is 0 Å². The lowest BCUT2D eigenvalue weighted by molar-refractivity contribution is -0.147. The van der Waals surface area contributed by atoms with Crippen LogP contribution in [-0.2, 0) is 4.79 Å². The molecule has 2 bridgehead atoms. The molecule has 3 nitrogen and oxygen atoms in total. The molecule has 1 saturated heterocycles. The van der Waals surface area contributed by atoms with Gasteiger partial charge in [-0.3, -0.25) is 4.79 Å². The molecule has 2 atom stereocenters. The third-order valence-corrected chi connectivity index (χ3v) is 2.79. The molecule has 56 valence electrons. The van der Waals surface area contributed by atoms with E-state index in [9.17, 15) is 4.79 Å². The minimum atomic E-state index is -0.611. The summed E-state index contributed by atoms with van der Waals surface area (Å²) in [6.45, 7) is 0.687. The van der Waals surface area contributed by atoms with Crippen LogP contribution < -0.4 is 5.32 Å². The second kappa shape index (κ2) is 1.72. The van der Waals surface area contributed by atoms with Gasteiger partial charge in [-0.1, -0.05) is 0 Å². The summed E-state index contributed by atoms with van der Waals surface area (Å²) in [6.07, 6.45) is 2.77. The number of nitrogens with one attached hydrogen (secondary N) is 1. The van der Waals surface area contributed by atoms with Gasteiger partial charge in [-0.2, -0.15) is 0 Å². The Balaban J connectivity index is 2.23. The minimum Gasteiger partial charge on any atom is -0.481 e. The Morgan fingerprint density at radius 3 is 2.70 bits per heavy atom. The Bertz CT molecular complexity index is 170. The van der Waals surface area contributed by atoms with E-state index in [4.69, 9.17) is 5.11 Å². The van der Waals surface area contributed by atoms with Gasteiger partial charge in [0.15, 0.2) is 0 Å². The predicted octanol–water partition coefficient (Wildman–Crippen LogP) is 0.213. The van der Waals surface area contributed by atoms with Crippen LogP contribution in [0.1, 0.15) is 19.3 Å². The number of carbonyl (C=O) groups is 1. The number of rotatable bonds is 1. The standard InChI is InChI=1S/C7H11NO2/c9-6(10)7-2-1-5(3-7)8-4-7/h5,8H,1-4H2,(H,9,10)/t5-,7-/m0/s1. The molecule has 2 rings (SSSR count). The molecule has 2 fully saturated rings. The van der Waals surface area contributed by atoms with E-state index in [0.717, 1.165) is 19.3 Å². The second-order valence-electron chi connectivity index (χ2n) is 3.41. The lowest BCUT2D eigenvalue weighted by atomic mass is 9.88. The van der Waals surface area contributed by atoms with E-state index in [1.165, 1.54) is 0 Å². The molecule has 0 aromatic heterocycles. The van der Waals surface area contributed by atoms with Crippen molar-refractivity contribution >= 4 is 5.97 Å². The Labute approximate surface area is 59.4 Å². The monoisotopic (exact) mass is 141 g/mol. The first kappa shape index (κ1) is 6.16. The van der Waals surface area contributed by atoms with Crippen LogP contribution in [0, 0.1) is 5.41 Å². The highest BCUT2D eigenvalue weighted by molar-refractivity contribution is 5.76. The fraction of sp³-hybridized carbons (Fsp3) is 0.857. The van der Waals surface area contributed by atoms with Crippen LogP contribution in [0.5, 0.6) is 0 Å². The van der Waals surface area contributed by atoms with E-state index in [1.54, 1.807) is 0 Å². The van der Waals surface area contributed by atoms with Gasteiger partial charge in [0.05, 0.1) is 5.41 Å². The molecule has 0 spiro atoms. The van der Waals surface area contributed by atoms with Gasteiger partial charge in [-0.25, -0.2) is 0 Å². The lowest BCUT2D eigenvalue weighted by Gasteiger charge is -2.20. The summed E-state index contributed by atoms with van der Waals surface area (Å²) in [5.74, 6) is -0.611. The van der Waals surface area contributed by atoms with Crippen LogP contribution in [0.15, 0.2) is 0 Å². The SMILES string of the molecule is O=C(O)[C@@]12CC[C@@H](C1)NC2. The molecule has 1 saturated carbocycles. The van der Waals surface area contributed by atoms with E-state index in [0.29, 0.717) is 12.6 Å². The van der Waals surface area contributed by atoms with Crippen molar-refractivity contribution < 1.29 is 9.90 Å². The summed E-state index contributed by atoms with van der Waals surface area (Å²) in [5.41, 5.74) is -0.384. The van der Waals surface area contributed by atoms with Crippen molar-refractivity contribution in [2.45, 2.75) is 25.3 Å². The smallest absolute Gasteiger partial charge is 0.310 e. The van der Waals surface area contributed by atoms with Gasteiger partial charge < -0.3 is 10.4 Å². The molecule has 0 aromatic rings. The Kier molecular flexibility index (Phi) is 1.06. The maximum absolute atomic E-state index is 10.7. The number of aliphatic carboxylic acids is 1. The van der Waals surface area contributed by atoms with E-state index < -0.39 is 5.97 Å². The van der Waals surface area contributed by atoms with Gasteiger partial charge in [0.25, 0.3) is 0 Å². The summed E-state index contributed by atoms with van der Waals surface area (Å²) in [7, 11) is 0. The first-order valence-electron chi connectivity index (χ1n) is 3.70. The summed E-state index contributed by atoms with van der Waals surface area (Å²) < 4.78 is 0. The number of fused-ring (bicyclic) bond motifs is 2. The molecule has 2 aliphatic rings. The van der Waals surface area contributed by atoms with Gasteiger partial charge in [0.1, 0.15) is 0 Å². The normalized spacial score (nSPS) is 44.2. The van der Waals surface area contributed by atoms with Crippen LogP contribution in [-0.4, -0.2) is 23.7 Å². The predicted molar refractivity (Wildman–Crippen MR) is 35.7 cm³/mol. The Hall–Kier alpha value is -0.570. The zero-order valence-corrected chi connectivity index (χ0v) is 5.76. The quantitative estimate of drug-likeness (QED) is 0.549. The van der Waals surface area contributed by atoms with Gasteiger partial charge in [0, 0.05) is 12.6 Å². The molecule has 0 unspecified atom stereocenters. The summed E-state index contributed by atoms with van der Waals surface area (Å²) in [5, 5.41) is 12.0. The summed E-state index contributed by atoms with van der Waals surface area (Å²) in [4.78, 5) is 10.7. The molecule has 2 N–H and O–H groups in total. The number of hydrogen-bond acceptors (Lipinski definition) is 2. The van der Waals surface area contributed by atoms with Gasteiger partial charge >= 0.3 is 5.97 Å². The molecule has 1 aliphatic carbocycles. The van der Waals surface area contributed by atoms with Crippen LogP contribution in [0.2, 0.25) is 0 Å². The third kappa shape index (κ3) is 0.611. The zero-order chi connectivity index (χ0) is 7.19. The van der Waals surface area contributed by atoms with Gasteiger partial charge in [-0.15, -0.1) is 0 Å². The van der Waals surface area contributed by atoms with E-state index >= 15 is 0 Å². The highest BCUT2D eigenvalue weighted by Crippen LogP contribution is 2.42. The average Bonchev–Trinajstić information content (AvgIpc) is 2.45. The number of piperidine rings is 1. The van der Waals surface area contributed by atoms with E-state index in [-0.39, 0.29) is 5.41 Å². The van der Waals surface area contributed by atoms with Crippen LogP contribution in [0.25, 0.3) is 0 Å². The lowest BCUT2D eigenvalue weighted by Crippen LogP contribution is -2.35. The molecule has 0 radical (unpaired) electrons. The van der Waals surface area contributed by atoms with Crippen LogP contribution >= 0.6 is 0 Å². The maximum Gasteiger partial charge on any atom is 0.310 e. The molecule has 10 heavy (non-hydrogen) atoms. The first-order valence-corrected chi connectivity index (χ1v) is 3.70. The van der Waals surface area contributed by atoms with Crippen molar-refractivity contribution in [2.75, 3.05) is 6.54 Å². The van der Waals surface area contributed by atoms with Gasteiger partial charge in [0.2, 0.25) is 0 Å². The highest BCUT2D eigenvalue weighted by atomic mass is 16.4. The van der Waals surface area contributed by atoms with Crippen molar-refractivity contribution in [3.05, 3.63) is 0 Å². The number of carboxylic acid groups (broad SMARTS) is 1. The minimum absolute atomic E-state index is 0.384. The third-order valence-electron chi connectivity index (χ3n) is 2.79. The molecule has 3 heteroatoms. The second-order valence-corrected chi connectivity index (χ2v) is 3.41. The molecular formula is C7H11NO2. The van der Waals surface area contributed by atoms with E-state index in [1.807, 2.05) is 0 Å². The molecule has 0 aromatic carbocycles. The Morgan fingerprint density at radius 1 is 1.70 bits per heavy atom. The molecule has 0 amide bonds. The summed E-state index contributed by atoms with van der Waals surface area (Å²) >= 11 is 0. The Morgan fingerprint density at radius 2 is 2.50 bits per heavy atom. The molecule has 1 heterocycles. The number of hydrogen-bond donors (Lipinski definition) is 2. The van der Waals surface area contributed by atoms with Crippen molar-refractivity contribution in [3.8, 4) is 0 Å². The largest absolute Gasteiger partial charge is 0.481 e. The van der Waals surface area contributed by atoms with Crippen molar-refractivity contribution in [3.63, 3.8) is 0 Å². The topological polar surface area (TPSA) is 49.3 Å². The fourth-order valence-electron chi connectivity index (χ4n) is 2.07. The average molecular weight is 141 g/mol. The highest BCUT2D eigenvalue weighted by Gasteiger charge is 2.50. The molecular weight excluding hydrogens is 130 g/mol. The van der Waals surface area contributed by atoms with Crippen LogP contribution in [0.3, 0.4) is 0 Å².